The van der Waals surface area contributed by atoms with Crippen LogP contribution in [0.1, 0.15) is 23.2 Å². The second-order valence-electron chi connectivity index (χ2n) is 6.01. The summed E-state index contributed by atoms with van der Waals surface area (Å²) in [6, 6.07) is 14.0. The van der Waals surface area contributed by atoms with Gasteiger partial charge in [-0.15, -0.1) is 0 Å². The summed E-state index contributed by atoms with van der Waals surface area (Å²) in [6.45, 7) is 1.11. The number of benzene rings is 2. The summed E-state index contributed by atoms with van der Waals surface area (Å²) in [4.78, 5) is 27.0. The molecule has 7 heteroatoms. The number of likely N-dealkylation sites (tertiary alicyclic amines) is 1. The van der Waals surface area contributed by atoms with E-state index in [1.165, 1.54) is 23.9 Å². The van der Waals surface area contributed by atoms with Crippen molar-refractivity contribution in [1.82, 2.24) is 4.90 Å². The van der Waals surface area contributed by atoms with Crippen molar-refractivity contribution in [3.05, 3.63) is 64.2 Å². The Hall–Kier alpha value is -2.38. The molecule has 0 bridgehead atoms. The van der Waals surface area contributed by atoms with Gasteiger partial charge in [-0.2, -0.15) is 0 Å². The number of hydrogen-bond acceptors (Lipinski definition) is 5. The van der Waals surface area contributed by atoms with Crippen LogP contribution in [0.5, 0.6) is 0 Å². The molecule has 1 fully saturated rings. The van der Waals surface area contributed by atoms with Crippen molar-refractivity contribution >= 4 is 23.4 Å². The van der Waals surface area contributed by atoms with E-state index in [1.54, 1.807) is 11.0 Å². The molecule has 2 aromatic carbocycles. The number of hydrogen-bond donors (Lipinski definition) is 1. The molecular formula is C18H19N3O3S. The van der Waals surface area contributed by atoms with E-state index in [9.17, 15) is 14.9 Å². The molecular weight excluding hydrogens is 338 g/mol. The van der Waals surface area contributed by atoms with Gasteiger partial charge in [0.1, 0.15) is 0 Å². The van der Waals surface area contributed by atoms with Gasteiger partial charge in [-0.1, -0.05) is 30.0 Å². The number of amides is 1. The van der Waals surface area contributed by atoms with Gasteiger partial charge in [-0.25, -0.2) is 0 Å². The predicted molar refractivity (Wildman–Crippen MR) is 96.8 cm³/mol. The van der Waals surface area contributed by atoms with Gasteiger partial charge in [0.25, 0.3) is 11.6 Å². The zero-order chi connectivity index (χ0) is 17.8. The van der Waals surface area contributed by atoms with Crippen LogP contribution in [0.15, 0.2) is 58.3 Å². The molecule has 0 radical (unpaired) electrons. The minimum atomic E-state index is -0.477. The molecule has 25 heavy (non-hydrogen) atoms. The van der Waals surface area contributed by atoms with E-state index in [1.807, 2.05) is 30.3 Å². The van der Waals surface area contributed by atoms with Crippen LogP contribution in [0.3, 0.4) is 0 Å². The zero-order valence-electron chi connectivity index (χ0n) is 13.6. The number of non-ortho nitro benzene ring substituents is 1. The second-order valence-corrected chi connectivity index (χ2v) is 7.12. The van der Waals surface area contributed by atoms with Crippen LogP contribution < -0.4 is 5.73 Å². The lowest BCUT2D eigenvalue weighted by Crippen LogP contribution is -2.45. The average Bonchev–Trinajstić information content (AvgIpc) is 2.62. The van der Waals surface area contributed by atoms with Crippen LogP contribution in [0.25, 0.3) is 0 Å². The fourth-order valence-electron chi connectivity index (χ4n) is 2.87. The van der Waals surface area contributed by atoms with Crippen LogP contribution in [-0.2, 0) is 0 Å². The lowest BCUT2D eigenvalue weighted by Gasteiger charge is -2.31. The molecule has 3 rings (SSSR count). The minimum absolute atomic E-state index is 0.0402. The summed E-state index contributed by atoms with van der Waals surface area (Å²) in [5.74, 6) is -0.197. The Morgan fingerprint density at radius 3 is 2.68 bits per heavy atom. The van der Waals surface area contributed by atoms with Crippen LogP contribution in [0.2, 0.25) is 0 Å². The van der Waals surface area contributed by atoms with Gasteiger partial charge in [-0.05, 0) is 31.0 Å². The number of rotatable bonds is 4. The molecule has 1 unspecified atom stereocenters. The summed E-state index contributed by atoms with van der Waals surface area (Å²) in [6.07, 6.45) is 1.74. The summed E-state index contributed by atoms with van der Waals surface area (Å²) in [7, 11) is 0. The topological polar surface area (TPSA) is 89.5 Å². The third-order valence-electron chi connectivity index (χ3n) is 4.12. The molecule has 1 amide bonds. The highest BCUT2D eigenvalue weighted by atomic mass is 32.2. The number of nitrogens with two attached hydrogens (primary N) is 1. The van der Waals surface area contributed by atoms with E-state index in [2.05, 4.69) is 0 Å². The highest BCUT2D eigenvalue weighted by molar-refractivity contribution is 7.99. The molecule has 1 aliphatic heterocycles. The van der Waals surface area contributed by atoms with E-state index in [-0.39, 0.29) is 17.6 Å². The van der Waals surface area contributed by atoms with Crippen molar-refractivity contribution in [3.8, 4) is 0 Å². The van der Waals surface area contributed by atoms with Crippen LogP contribution in [0.4, 0.5) is 5.69 Å². The Bertz CT molecular complexity index is 782. The smallest absolute Gasteiger partial charge is 0.270 e. The number of carbonyl (C=O) groups excluding carboxylic acids is 1. The number of nitro groups is 1. The third kappa shape index (κ3) is 4.18. The SMILES string of the molecule is NC1CCCN(C(=O)c2cc([N+](=O)[O-])ccc2Sc2ccccc2)C1. The molecule has 1 heterocycles. The standard InChI is InChI=1S/C18H19N3O3S/c19-13-5-4-10-20(12-13)18(22)16-11-14(21(23)24)8-9-17(16)25-15-6-2-1-3-7-15/h1-3,6-9,11,13H,4-5,10,12,19H2. The first kappa shape index (κ1) is 17.4. The van der Waals surface area contributed by atoms with Crippen molar-refractivity contribution in [1.29, 1.82) is 0 Å². The van der Waals surface area contributed by atoms with Crippen molar-refractivity contribution in [2.24, 2.45) is 5.73 Å². The zero-order valence-corrected chi connectivity index (χ0v) is 14.4. The second kappa shape index (κ2) is 7.67. The Balaban J connectivity index is 1.94. The van der Waals surface area contributed by atoms with Crippen LogP contribution in [0, 0.1) is 10.1 Å². The average molecular weight is 357 g/mol. The first-order chi connectivity index (χ1) is 12.0. The Morgan fingerprint density at radius 1 is 1.24 bits per heavy atom. The van der Waals surface area contributed by atoms with Crippen molar-refractivity contribution in [3.63, 3.8) is 0 Å². The molecule has 130 valence electrons. The first-order valence-electron chi connectivity index (χ1n) is 8.11. The van der Waals surface area contributed by atoms with E-state index in [0.717, 1.165) is 17.7 Å². The molecule has 0 saturated carbocycles. The number of carbonyl (C=O) groups is 1. The Labute approximate surface area is 150 Å². The minimum Gasteiger partial charge on any atom is -0.337 e. The molecule has 0 aromatic heterocycles. The fraction of sp³-hybridized carbons (Fsp3) is 0.278. The van der Waals surface area contributed by atoms with E-state index in [0.29, 0.717) is 23.5 Å². The van der Waals surface area contributed by atoms with Gasteiger partial charge < -0.3 is 10.6 Å². The molecule has 1 saturated heterocycles. The molecule has 6 nitrogen and oxygen atoms in total. The summed E-state index contributed by atoms with van der Waals surface area (Å²) < 4.78 is 0. The Morgan fingerprint density at radius 2 is 2.00 bits per heavy atom. The summed E-state index contributed by atoms with van der Waals surface area (Å²) >= 11 is 1.43. The van der Waals surface area contributed by atoms with Crippen LogP contribution >= 0.6 is 11.8 Å². The van der Waals surface area contributed by atoms with Gasteiger partial charge in [0.05, 0.1) is 10.5 Å². The van der Waals surface area contributed by atoms with Crippen molar-refractivity contribution < 1.29 is 9.72 Å². The van der Waals surface area contributed by atoms with Crippen molar-refractivity contribution in [2.75, 3.05) is 13.1 Å². The first-order valence-corrected chi connectivity index (χ1v) is 8.92. The molecule has 2 aromatic rings. The highest BCUT2D eigenvalue weighted by Crippen LogP contribution is 2.33. The maximum absolute atomic E-state index is 13.0. The quantitative estimate of drug-likeness (QED) is 0.670. The number of nitrogens with zero attached hydrogens (tertiary/aromatic N) is 2. The summed E-state index contributed by atoms with van der Waals surface area (Å²) in [5.41, 5.74) is 6.25. The van der Waals surface area contributed by atoms with Gasteiger partial charge in [0.15, 0.2) is 0 Å². The maximum atomic E-state index is 13.0. The molecule has 2 N–H and O–H groups in total. The lowest BCUT2D eigenvalue weighted by atomic mass is 10.1. The molecule has 1 atom stereocenters. The lowest BCUT2D eigenvalue weighted by molar-refractivity contribution is -0.384. The van der Waals surface area contributed by atoms with Gasteiger partial charge in [0.2, 0.25) is 0 Å². The van der Waals surface area contributed by atoms with Gasteiger partial charge >= 0.3 is 0 Å². The Kier molecular flexibility index (Phi) is 5.35. The third-order valence-corrected chi connectivity index (χ3v) is 5.20. The highest BCUT2D eigenvalue weighted by Gasteiger charge is 2.26. The number of nitro benzene ring substituents is 1. The van der Waals surface area contributed by atoms with Crippen LogP contribution in [-0.4, -0.2) is 34.9 Å². The van der Waals surface area contributed by atoms with Gasteiger partial charge in [0, 0.05) is 41.1 Å². The van der Waals surface area contributed by atoms with E-state index >= 15 is 0 Å². The molecule has 0 spiro atoms. The largest absolute Gasteiger partial charge is 0.337 e. The van der Waals surface area contributed by atoms with Crippen molar-refractivity contribution in [2.45, 2.75) is 28.7 Å². The monoisotopic (exact) mass is 357 g/mol. The predicted octanol–water partition coefficient (Wildman–Crippen LogP) is 3.31. The van der Waals surface area contributed by atoms with E-state index < -0.39 is 4.92 Å². The fourth-order valence-corrected chi connectivity index (χ4v) is 3.81. The normalized spacial score (nSPS) is 17.3. The van der Waals surface area contributed by atoms with Gasteiger partial charge in [-0.3, -0.25) is 14.9 Å². The molecule has 0 aliphatic carbocycles. The summed E-state index contributed by atoms with van der Waals surface area (Å²) in [5, 5.41) is 11.1. The number of piperidine rings is 1. The van der Waals surface area contributed by atoms with E-state index in [4.69, 9.17) is 5.73 Å². The molecule has 1 aliphatic rings. The maximum Gasteiger partial charge on any atom is 0.270 e.